The Morgan fingerprint density at radius 3 is 2.69 bits per heavy atom. The first-order valence-corrected chi connectivity index (χ1v) is 8.63. The largest absolute Gasteiger partial charge is 0.308 e. The quantitative estimate of drug-likeness (QED) is 0.687. The van der Waals surface area contributed by atoms with Crippen molar-refractivity contribution in [2.75, 3.05) is 5.32 Å². The van der Waals surface area contributed by atoms with Gasteiger partial charge in [-0.15, -0.1) is 0 Å². The molecule has 136 valence electrons. The molecule has 0 saturated heterocycles. The maximum Gasteiger partial charge on any atom is 0.227 e. The van der Waals surface area contributed by atoms with Crippen LogP contribution in [0.1, 0.15) is 17.7 Å². The smallest absolute Gasteiger partial charge is 0.227 e. The third kappa shape index (κ3) is 4.42. The number of rotatable bonds is 6. The number of carbonyl (C=O) groups is 1. The molecule has 9 heteroatoms. The number of hydrogen-bond acceptors (Lipinski definition) is 3. The molecule has 1 N–H and O–H groups in total. The molecule has 2 aromatic heterocycles. The number of aromatic nitrogens is 4. The average molecular weight is 396 g/mol. The van der Waals surface area contributed by atoms with Crippen LogP contribution in [0.25, 0.3) is 0 Å². The molecule has 0 atom stereocenters. The highest BCUT2D eigenvalue weighted by atomic mass is 35.5. The van der Waals surface area contributed by atoms with E-state index in [0.29, 0.717) is 17.1 Å². The van der Waals surface area contributed by atoms with Crippen molar-refractivity contribution in [1.82, 2.24) is 19.6 Å². The third-order valence-electron chi connectivity index (χ3n) is 3.70. The summed E-state index contributed by atoms with van der Waals surface area (Å²) in [6.45, 7) is 2.43. The van der Waals surface area contributed by atoms with E-state index in [2.05, 4.69) is 15.5 Å². The van der Waals surface area contributed by atoms with Crippen LogP contribution >= 0.6 is 23.2 Å². The lowest BCUT2D eigenvalue weighted by Crippen LogP contribution is -2.15. The molecule has 0 saturated carbocycles. The summed E-state index contributed by atoms with van der Waals surface area (Å²) in [6.07, 6.45) is 3.54. The number of nitrogens with zero attached hydrogens (tertiary/aromatic N) is 4. The van der Waals surface area contributed by atoms with E-state index in [4.69, 9.17) is 23.2 Å². The molecule has 0 unspecified atom stereocenters. The molecule has 3 aromatic rings. The van der Waals surface area contributed by atoms with Gasteiger partial charge in [0.05, 0.1) is 12.2 Å². The summed E-state index contributed by atoms with van der Waals surface area (Å²) in [4.78, 5) is 12.1. The second-order valence-corrected chi connectivity index (χ2v) is 6.56. The van der Waals surface area contributed by atoms with E-state index in [1.165, 1.54) is 23.0 Å². The summed E-state index contributed by atoms with van der Waals surface area (Å²) < 4.78 is 17.0. The van der Waals surface area contributed by atoms with Gasteiger partial charge in [0.1, 0.15) is 10.8 Å². The van der Waals surface area contributed by atoms with Gasteiger partial charge < -0.3 is 5.32 Å². The molecule has 0 aliphatic carbocycles. The molecule has 0 aliphatic heterocycles. The topological polar surface area (TPSA) is 64.7 Å². The van der Waals surface area contributed by atoms with Gasteiger partial charge in [-0.25, -0.2) is 4.39 Å². The Morgan fingerprint density at radius 1 is 1.19 bits per heavy atom. The summed E-state index contributed by atoms with van der Waals surface area (Å²) in [6, 6.07) is 6.32. The molecular weight excluding hydrogens is 380 g/mol. The summed E-state index contributed by atoms with van der Waals surface area (Å²) in [5.74, 6) is -0.445. The number of halogens is 3. The Kier molecular flexibility index (Phi) is 5.58. The van der Waals surface area contributed by atoms with E-state index in [1.807, 2.05) is 19.2 Å². The Labute approximate surface area is 159 Å². The van der Waals surface area contributed by atoms with Crippen molar-refractivity contribution in [3.05, 3.63) is 63.8 Å². The van der Waals surface area contributed by atoms with Crippen LogP contribution in [-0.2, 0) is 17.9 Å². The molecule has 1 amide bonds. The number of aryl methyl sites for hydroxylation is 2. The van der Waals surface area contributed by atoms with Crippen LogP contribution < -0.4 is 5.32 Å². The first-order chi connectivity index (χ1) is 12.4. The highest BCUT2D eigenvalue weighted by Crippen LogP contribution is 2.23. The average Bonchev–Trinajstić information content (AvgIpc) is 3.15. The van der Waals surface area contributed by atoms with Gasteiger partial charge in [-0.05, 0) is 25.1 Å². The summed E-state index contributed by atoms with van der Waals surface area (Å²) >= 11 is 12.1. The van der Waals surface area contributed by atoms with E-state index in [0.717, 1.165) is 5.69 Å². The molecular formula is C17H16Cl2FN5O. The van der Waals surface area contributed by atoms with Crippen LogP contribution in [0.2, 0.25) is 10.0 Å². The zero-order chi connectivity index (χ0) is 18.7. The molecule has 26 heavy (non-hydrogen) atoms. The second kappa shape index (κ2) is 7.88. The van der Waals surface area contributed by atoms with E-state index in [-0.39, 0.29) is 29.7 Å². The lowest BCUT2D eigenvalue weighted by atomic mass is 10.2. The lowest BCUT2D eigenvalue weighted by molar-refractivity contribution is -0.116. The normalized spacial score (nSPS) is 10.9. The fraction of sp³-hybridized carbons (Fsp3) is 0.235. The number of nitrogens with one attached hydrogen (secondary N) is 1. The van der Waals surface area contributed by atoms with Crippen LogP contribution in [0.15, 0.2) is 36.7 Å². The van der Waals surface area contributed by atoms with Gasteiger partial charge in [-0.2, -0.15) is 10.2 Å². The molecule has 1 aromatic carbocycles. The minimum Gasteiger partial charge on any atom is -0.308 e. The minimum atomic E-state index is -0.427. The SMILES string of the molecule is Cc1ccn(CCC(=O)Nc2nn(Cc3c(F)cccc3Cl)cc2Cl)n1. The number of anilines is 1. The highest BCUT2D eigenvalue weighted by molar-refractivity contribution is 6.33. The Bertz CT molecular complexity index is 917. The summed E-state index contributed by atoms with van der Waals surface area (Å²) in [7, 11) is 0. The number of benzene rings is 1. The second-order valence-electron chi connectivity index (χ2n) is 5.74. The fourth-order valence-electron chi connectivity index (χ4n) is 2.41. The van der Waals surface area contributed by atoms with E-state index in [9.17, 15) is 9.18 Å². The molecule has 0 bridgehead atoms. The van der Waals surface area contributed by atoms with Gasteiger partial charge in [0.2, 0.25) is 5.91 Å². The first-order valence-electron chi connectivity index (χ1n) is 7.88. The third-order valence-corrected chi connectivity index (χ3v) is 4.33. The molecule has 2 heterocycles. The lowest BCUT2D eigenvalue weighted by Gasteiger charge is -2.06. The predicted octanol–water partition coefficient (Wildman–Crippen LogP) is 3.91. The molecule has 3 rings (SSSR count). The number of amides is 1. The molecule has 0 aliphatic rings. The van der Waals surface area contributed by atoms with Crippen molar-refractivity contribution in [3.63, 3.8) is 0 Å². The van der Waals surface area contributed by atoms with Crippen LogP contribution in [0.5, 0.6) is 0 Å². The fourth-order valence-corrected chi connectivity index (χ4v) is 2.83. The maximum absolute atomic E-state index is 13.9. The standard InChI is InChI=1S/C17H16Cl2FN5O/c1-11-5-7-24(22-11)8-6-16(26)21-17-14(19)10-25(23-17)9-12-13(18)3-2-4-15(12)20/h2-5,7,10H,6,8-9H2,1H3,(H,21,23,26). The highest BCUT2D eigenvalue weighted by Gasteiger charge is 2.13. The first kappa shape index (κ1) is 18.4. The van der Waals surface area contributed by atoms with Gasteiger partial charge in [0.15, 0.2) is 5.82 Å². The number of carbonyl (C=O) groups excluding carboxylic acids is 1. The molecule has 6 nitrogen and oxygen atoms in total. The Hall–Kier alpha value is -2.38. The molecule has 0 fully saturated rings. The van der Waals surface area contributed by atoms with Crippen LogP contribution in [0.3, 0.4) is 0 Å². The minimum absolute atomic E-state index is 0.105. The summed E-state index contributed by atoms with van der Waals surface area (Å²) in [5.41, 5.74) is 1.19. The van der Waals surface area contributed by atoms with Crippen molar-refractivity contribution in [1.29, 1.82) is 0 Å². The van der Waals surface area contributed by atoms with Crippen LogP contribution in [0.4, 0.5) is 10.2 Å². The van der Waals surface area contributed by atoms with Crippen LogP contribution in [0, 0.1) is 12.7 Å². The Morgan fingerprint density at radius 2 is 2.00 bits per heavy atom. The van der Waals surface area contributed by atoms with Crippen molar-refractivity contribution in [3.8, 4) is 0 Å². The van der Waals surface area contributed by atoms with Gasteiger partial charge in [0, 0.05) is 35.9 Å². The maximum atomic E-state index is 13.9. The van der Waals surface area contributed by atoms with Gasteiger partial charge in [0.25, 0.3) is 0 Å². The van der Waals surface area contributed by atoms with Crippen molar-refractivity contribution >= 4 is 34.9 Å². The van der Waals surface area contributed by atoms with Crippen molar-refractivity contribution in [2.45, 2.75) is 26.4 Å². The van der Waals surface area contributed by atoms with Crippen molar-refractivity contribution in [2.24, 2.45) is 0 Å². The van der Waals surface area contributed by atoms with E-state index in [1.54, 1.807) is 10.7 Å². The monoisotopic (exact) mass is 395 g/mol. The predicted molar refractivity (Wildman–Crippen MR) is 98.0 cm³/mol. The van der Waals surface area contributed by atoms with Crippen LogP contribution in [-0.4, -0.2) is 25.5 Å². The van der Waals surface area contributed by atoms with Crippen molar-refractivity contribution < 1.29 is 9.18 Å². The van der Waals surface area contributed by atoms with Gasteiger partial charge in [-0.1, -0.05) is 29.3 Å². The summed E-state index contributed by atoms with van der Waals surface area (Å²) in [5, 5.41) is 11.6. The van der Waals surface area contributed by atoms with Gasteiger partial charge >= 0.3 is 0 Å². The zero-order valence-electron chi connectivity index (χ0n) is 13.9. The van der Waals surface area contributed by atoms with E-state index < -0.39 is 5.82 Å². The van der Waals surface area contributed by atoms with E-state index >= 15 is 0 Å². The molecule has 0 radical (unpaired) electrons. The zero-order valence-corrected chi connectivity index (χ0v) is 15.4. The molecule has 0 spiro atoms. The Balaban J connectivity index is 1.63. The van der Waals surface area contributed by atoms with Gasteiger partial charge in [-0.3, -0.25) is 14.2 Å². The number of hydrogen-bond donors (Lipinski definition) is 1.